The summed E-state index contributed by atoms with van der Waals surface area (Å²) in [4.78, 5) is 28.4. The summed E-state index contributed by atoms with van der Waals surface area (Å²) in [6.45, 7) is 1.06. The SMILES string of the molecule is CC(C(=O)NC1CCCC1)N(Cc1ccc(F)cc1)C(=O)CN(c1ccc(Cl)cc1)S(=O)(=O)c1ccccc1. The molecule has 4 rings (SSSR count). The van der Waals surface area contributed by atoms with E-state index in [0.717, 1.165) is 30.0 Å². The number of rotatable bonds is 10. The van der Waals surface area contributed by atoms with Crippen molar-refractivity contribution in [1.82, 2.24) is 10.2 Å². The van der Waals surface area contributed by atoms with Crippen LogP contribution in [0.1, 0.15) is 38.2 Å². The zero-order valence-electron chi connectivity index (χ0n) is 21.6. The second-order valence-corrected chi connectivity index (χ2v) is 11.9. The maximum absolute atomic E-state index is 13.9. The predicted molar refractivity (Wildman–Crippen MR) is 149 cm³/mol. The van der Waals surface area contributed by atoms with Crippen LogP contribution in [0.3, 0.4) is 0 Å². The summed E-state index contributed by atoms with van der Waals surface area (Å²) in [5, 5.41) is 3.43. The van der Waals surface area contributed by atoms with Crippen LogP contribution in [-0.4, -0.2) is 43.8 Å². The van der Waals surface area contributed by atoms with Gasteiger partial charge in [-0.25, -0.2) is 12.8 Å². The van der Waals surface area contributed by atoms with E-state index in [1.165, 1.54) is 53.4 Å². The van der Waals surface area contributed by atoms with Gasteiger partial charge in [0.1, 0.15) is 18.4 Å². The minimum absolute atomic E-state index is 0.00178. The number of anilines is 1. The van der Waals surface area contributed by atoms with Crippen LogP contribution >= 0.6 is 11.6 Å². The molecule has 0 radical (unpaired) electrons. The number of sulfonamides is 1. The minimum Gasteiger partial charge on any atom is -0.352 e. The van der Waals surface area contributed by atoms with Crippen molar-refractivity contribution >= 4 is 39.1 Å². The van der Waals surface area contributed by atoms with Gasteiger partial charge in [-0.3, -0.25) is 13.9 Å². The number of nitrogens with zero attached hydrogens (tertiary/aromatic N) is 2. The molecule has 3 aromatic carbocycles. The molecule has 1 N–H and O–H groups in total. The van der Waals surface area contributed by atoms with E-state index in [9.17, 15) is 22.4 Å². The average Bonchev–Trinajstić information content (AvgIpc) is 3.45. The Balaban J connectivity index is 1.66. The summed E-state index contributed by atoms with van der Waals surface area (Å²) in [6.07, 6.45) is 3.82. The molecular weight excluding hydrogens is 541 g/mol. The summed E-state index contributed by atoms with van der Waals surface area (Å²) in [5.41, 5.74) is 0.857. The molecule has 0 saturated heterocycles. The van der Waals surface area contributed by atoms with E-state index in [1.807, 2.05) is 0 Å². The van der Waals surface area contributed by atoms with E-state index in [2.05, 4.69) is 5.32 Å². The molecule has 10 heteroatoms. The molecule has 0 heterocycles. The Kier molecular flexibility index (Phi) is 9.24. The van der Waals surface area contributed by atoms with Crippen molar-refractivity contribution in [1.29, 1.82) is 0 Å². The van der Waals surface area contributed by atoms with E-state index in [-0.39, 0.29) is 29.1 Å². The van der Waals surface area contributed by atoms with Crippen molar-refractivity contribution in [2.75, 3.05) is 10.8 Å². The number of nitrogens with one attached hydrogen (secondary N) is 1. The highest BCUT2D eigenvalue weighted by Gasteiger charge is 2.33. The van der Waals surface area contributed by atoms with Gasteiger partial charge in [0.25, 0.3) is 10.0 Å². The first-order valence-electron chi connectivity index (χ1n) is 12.8. The third-order valence-electron chi connectivity index (χ3n) is 6.86. The lowest BCUT2D eigenvalue weighted by Crippen LogP contribution is -2.52. The number of amides is 2. The Morgan fingerprint density at radius 1 is 0.974 bits per heavy atom. The summed E-state index contributed by atoms with van der Waals surface area (Å²) >= 11 is 6.04. The van der Waals surface area contributed by atoms with Crippen molar-refractivity contribution in [3.05, 3.63) is 95.3 Å². The quantitative estimate of drug-likeness (QED) is 0.365. The largest absolute Gasteiger partial charge is 0.352 e. The predicted octanol–water partition coefficient (Wildman–Crippen LogP) is 5.15. The standard InChI is InChI=1S/C29H31ClFN3O4S/c1-21(29(36)32-25-7-5-6-8-25)33(19-22-11-15-24(31)16-12-22)28(35)20-34(26-17-13-23(30)14-18-26)39(37,38)27-9-3-2-4-10-27/h2-4,9-18,21,25H,5-8,19-20H2,1H3,(H,32,36). The fourth-order valence-electron chi connectivity index (χ4n) is 4.62. The Hall–Kier alpha value is -3.43. The summed E-state index contributed by atoms with van der Waals surface area (Å²) in [6, 6.07) is 18.7. The molecular formula is C29H31ClFN3O4S. The van der Waals surface area contributed by atoms with Gasteiger partial charge in [-0.2, -0.15) is 0 Å². The van der Waals surface area contributed by atoms with Crippen LogP contribution in [0.5, 0.6) is 0 Å². The van der Waals surface area contributed by atoms with E-state index < -0.39 is 34.3 Å². The van der Waals surface area contributed by atoms with Crippen LogP contribution in [0.15, 0.2) is 83.8 Å². The maximum Gasteiger partial charge on any atom is 0.264 e. The Morgan fingerprint density at radius 2 is 1.59 bits per heavy atom. The number of carbonyl (C=O) groups excluding carboxylic acids is 2. The molecule has 1 atom stereocenters. The first-order chi connectivity index (χ1) is 18.6. The molecule has 1 saturated carbocycles. The molecule has 2 amide bonds. The van der Waals surface area contributed by atoms with Gasteiger partial charge in [0.05, 0.1) is 10.6 Å². The molecule has 0 aliphatic heterocycles. The molecule has 1 aliphatic rings. The van der Waals surface area contributed by atoms with E-state index in [4.69, 9.17) is 11.6 Å². The van der Waals surface area contributed by atoms with Crippen molar-refractivity contribution < 1.29 is 22.4 Å². The zero-order chi connectivity index (χ0) is 28.0. The monoisotopic (exact) mass is 571 g/mol. The molecule has 3 aromatic rings. The molecule has 7 nitrogen and oxygen atoms in total. The highest BCUT2D eigenvalue weighted by Crippen LogP contribution is 2.26. The summed E-state index contributed by atoms with van der Waals surface area (Å²) in [7, 11) is -4.15. The number of halogens is 2. The maximum atomic E-state index is 13.9. The fourth-order valence-corrected chi connectivity index (χ4v) is 6.18. The second kappa shape index (κ2) is 12.6. The van der Waals surface area contributed by atoms with Gasteiger partial charge >= 0.3 is 0 Å². The van der Waals surface area contributed by atoms with E-state index in [0.29, 0.717) is 10.6 Å². The van der Waals surface area contributed by atoms with Crippen LogP contribution in [0.4, 0.5) is 10.1 Å². The van der Waals surface area contributed by atoms with Crippen LogP contribution in [0, 0.1) is 5.82 Å². The number of carbonyl (C=O) groups is 2. The Bertz CT molecular complexity index is 1380. The van der Waals surface area contributed by atoms with Crippen LogP contribution in [0.25, 0.3) is 0 Å². The first kappa shape index (κ1) is 28.6. The lowest BCUT2D eigenvalue weighted by Gasteiger charge is -2.32. The lowest BCUT2D eigenvalue weighted by molar-refractivity contribution is -0.139. The Morgan fingerprint density at radius 3 is 2.21 bits per heavy atom. The smallest absolute Gasteiger partial charge is 0.264 e. The first-order valence-corrected chi connectivity index (χ1v) is 14.6. The van der Waals surface area contributed by atoms with Gasteiger partial charge < -0.3 is 10.2 Å². The van der Waals surface area contributed by atoms with Gasteiger partial charge in [0, 0.05) is 17.6 Å². The van der Waals surface area contributed by atoms with Gasteiger partial charge in [-0.05, 0) is 73.9 Å². The number of hydrogen-bond donors (Lipinski definition) is 1. The summed E-state index contributed by atoms with van der Waals surface area (Å²) < 4.78 is 42.0. The highest BCUT2D eigenvalue weighted by molar-refractivity contribution is 7.92. The van der Waals surface area contributed by atoms with Crippen molar-refractivity contribution in [2.45, 2.75) is 56.1 Å². The molecule has 1 fully saturated rings. The van der Waals surface area contributed by atoms with Crippen molar-refractivity contribution in [3.8, 4) is 0 Å². The molecule has 0 aromatic heterocycles. The van der Waals surface area contributed by atoms with Gasteiger partial charge in [-0.1, -0.05) is 54.8 Å². The normalized spacial score (nSPS) is 14.5. The molecule has 206 valence electrons. The minimum atomic E-state index is -4.15. The van der Waals surface area contributed by atoms with Crippen LogP contribution in [0.2, 0.25) is 5.02 Å². The van der Waals surface area contributed by atoms with Gasteiger partial charge in [0.2, 0.25) is 11.8 Å². The fraction of sp³-hybridized carbons (Fsp3) is 0.310. The van der Waals surface area contributed by atoms with Crippen LogP contribution in [-0.2, 0) is 26.2 Å². The van der Waals surface area contributed by atoms with Gasteiger partial charge in [0.15, 0.2) is 0 Å². The molecule has 0 bridgehead atoms. The van der Waals surface area contributed by atoms with Crippen LogP contribution < -0.4 is 9.62 Å². The van der Waals surface area contributed by atoms with Crippen molar-refractivity contribution in [3.63, 3.8) is 0 Å². The number of hydrogen-bond acceptors (Lipinski definition) is 4. The Labute approximate surface area is 233 Å². The highest BCUT2D eigenvalue weighted by atomic mass is 35.5. The second-order valence-electron chi connectivity index (χ2n) is 9.62. The molecule has 1 unspecified atom stereocenters. The topological polar surface area (TPSA) is 86.8 Å². The molecule has 0 spiro atoms. The number of benzene rings is 3. The molecule has 39 heavy (non-hydrogen) atoms. The zero-order valence-corrected chi connectivity index (χ0v) is 23.2. The summed E-state index contributed by atoms with van der Waals surface area (Å²) in [5.74, 6) is -1.32. The van der Waals surface area contributed by atoms with Gasteiger partial charge in [-0.15, -0.1) is 0 Å². The lowest BCUT2D eigenvalue weighted by atomic mass is 10.1. The average molecular weight is 572 g/mol. The van der Waals surface area contributed by atoms with E-state index in [1.54, 1.807) is 37.3 Å². The molecule has 1 aliphatic carbocycles. The van der Waals surface area contributed by atoms with Crippen molar-refractivity contribution in [2.24, 2.45) is 0 Å². The third-order valence-corrected chi connectivity index (χ3v) is 8.90. The van der Waals surface area contributed by atoms with E-state index >= 15 is 0 Å². The third kappa shape index (κ3) is 7.16.